The molecule has 0 radical (unpaired) electrons. The van der Waals surface area contributed by atoms with Gasteiger partial charge in [-0.3, -0.25) is 9.59 Å². The fourth-order valence-electron chi connectivity index (χ4n) is 3.12. The van der Waals surface area contributed by atoms with Gasteiger partial charge < -0.3 is 25.0 Å². The van der Waals surface area contributed by atoms with Crippen LogP contribution in [0.25, 0.3) is 0 Å². The Kier molecular flexibility index (Phi) is 7.78. The van der Waals surface area contributed by atoms with Crippen molar-refractivity contribution < 1.29 is 19.1 Å². The molecule has 2 rings (SSSR count). The number of nitrogens with zero attached hydrogens (tertiary/aromatic N) is 1. The number of rotatable bonds is 8. The van der Waals surface area contributed by atoms with Crippen LogP contribution < -0.4 is 10.6 Å². The number of methoxy groups -OCH3 is 1. The average Bonchev–Trinajstić information content (AvgIpc) is 3.11. The average molecular weight is 327 g/mol. The zero-order valence-electron chi connectivity index (χ0n) is 14.0. The molecule has 0 spiro atoms. The van der Waals surface area contributed by atoms with Crippen LogP contribution in [0.3, 0.4) is 0 Å². The van der Waals surface area contributed by atoms with Gasteiger partial charge in [0.15, 0.2) is 0 Å². The molecule has 7 heteroatoms. The Labute approximate surface area is 138 Å². The summed E-state index contributed by atoms with van der Waals surface area (Å²) in [7, 11) is 1.66. The molecule has 23 heavy (non-hydrogen) atoms. The number of hydrogen-bond acceptors (Lipinski definition) is 5. The Bertz CT molecular complexity index is 386. The lowest BCUT2D eigenvalue weighted by molar-refractivity contribution is -0.149. The van der Waals surface area contributed by atoms with Gasteiger partial charge in [-0.1, -0.05) is 0 Å². The van der Waals surface area contributed by atoms with Crippen LogP contribution in [0.4, 0.5) is 0 Å². The highest BCUT2D eigenvalue weighted by atomic mass is 16.5. The van der Waals surface area contributed by atoms with Gasteiger partial charge in [0.05, 0.1) is 6.61 Å². The minimum atomic E-state index is -0.348. The molecule has 0 saturated carbocycles. The summed E-state index contributed by atoms with van der Waals surface area (Å²) < 4.78 is 10.4. The van der Waals surface area contributed by atoms with Crippen LogP contribution in [-0.2, 0) is 19.1 Å². The van der Waals surface area contributed by atoms with E-state index in [2.05, 4.69) is 10.6 Å². The van der Waals surface area contributed by atoms with Gasteiger partial charge in [-0.05, 0) is 32.1 Å². The number of likely N-dealkylation sites (tertiary alicyclic amines) is 1. The van der Waals surface area contributed by atoms with Crippen molar-refractivity contribution in [1.29, 1.82) is 0 Å². The SMILES string of the molecule is COCCNCCNC(=O)C1CCCCN1C(=O)C1CCCO1. The minimum Gasteiger partial charge on any atom is -0.383 e. The number of hydrogen-bond donors (Lipinski definition) is 2. The number of amides is 2. The first kappa shape index (κ1) is 18.2. The Morgan fingerprint density at radius 2 is 2.04 bits per heavy atom. The first-order valence-electron chi connectivity index (χ1n) is 8.63. The lowest BCUT2D eigenvalue weighted by Crippen LogP contribution is -2.55. The van der Waals surface area contributed by atoms with Crippen molar-refractivity contribution in [3.63, 3.8) is 0 Å². The number of carbonyl (C=O) groups is 2. The summed E-state index contributed by atoms with van der Waals surface area (Å²) in [4.78, 5) is 26.7. The first-order chi connectivity index (χ1) is 11.2. The van der Waals surface area contributed by atoms with Gasteiger partial charge >= 0.3 is 0 Å². The summed E-state index contributed by atoms with van der Waals surface area (Å²) in [6.45, 7) is 3.97. The monoisotopic (exact) mass is 327 g/mol. The third kappa shape index (κ3) is 5.44. The number of carbonyl (C=O) groups excluding carboxylic acids is 2. The fourth-order valence-corrected chi connectivity index (χ4v) is 3.12. The van der Waals surface area contributed by atoms with E-state index in [0.717, 1.165) is 38.6 Å². The van der Waals surface area contributed by atoms with Crippen molar-refractivity contribution in [3.8, 4) is 0 Å². The second-order valence-corrected chi connectivity index (χ2v) is 6.08. The molecule has 0 aliphatic carbocycles. The zero-order valence-corrected chi connectivity index (χ0v) is 14.0. The smallest absolute Gasteiger partial charge is 0.252 e. The summed E-state index contributed by atoms with van der Waals surface area (Å²) in [5, 5.41) is 6.11. The molecule has 0 aromatic carbocycles. The lowest BCUT2D eigenvalue weighted by atomic mass is 10.00. The summed E-state index contributed by atoms with van der Waals surface area (Å²) in [6.07, 6.45) is 4.03. The molecule has 0 bridgehead atoms. The molecule has 132 valence electrons. The summed E-state index contributed by atoms with van der Waals surface area (Å²) >= 11 is 0. The summed E-state index contributed by atoms with van der Waals surface area (Å²) in [6, 6.07) is -0.348. The van der Waals surface area contributed by atoms with E-state index in [1.165, 1.54) is 0 Å². The largest absolute Gasteiger partial charge is 0.383 e. The van der Waals surface area contributed by atoms with Crippen LogP contribution in [0.5, 0.6) is 0 Å². The molecule has 2 fully saturated rings. The molecule has 2 N–H and O–H groups in total. The predicted molar refractivity (Wildman–Crippen MR) is 86.1 cm³/mol. The van der Waals surface area contributed by atoms with E-state index in [0.29, 0.717) is 32.8 Å². The predicted octanol–water partition coefficient (Wildman–Crippen LogP) is -0.101. The quantitative estimate of drug-likeness (QED) is 0.609. The van der Waals surface area contributed by atoms with E-state index in [4.69, 9.17) is 9.47 Å². The molecule has 2 aliphatic heterocycles. The fraction of sp³-hybridized carbons (Fsp3) is 0.875. The van der Waals surface area contributed by atoms with Gasteiger partial charge in [0.1, 0.15) is 12.1 Å². The lowest BCUT2D eigenvalue weighted by Gasteiger charge is -2.36. The molecule has 0 aromatic rings. The maximum atomic E-state index is 12.6. The van der Waals surface area contributed by atoms with Crippen molar-refractivity contribution in [3.05, 3.63) is 0 Å². The van der Waals surface area contributed by atoms with Gasteiger partial charge in [-0.2, -0.15) is 0 Å². The molecule has 2 aliphatic rings. The molecule has 2 amide bonds. The Hall–Kier alpha value is -1.18. The molecule has 2 atom stereocenters. The van der Waals surface area contributed by atoms with E-state index in [1.807, 2.05) is 0 Å². The molecule has 7 nitrogen and oxygen atoms in total. The first-order valence-corrected chi connectivity index (χ1v) is 8.63. The molecule has 2 heterocycles. The van der Waals surface area contributed by atoms with Gasteiger partial charge in [0.2, 0.25) is 5.91 Å². The van der Waals surface area contributed by atoms with Gasteiger partial charge in [-0.25, -0.2) is 0 Å². The van der Waals surface area contributed by atoms with E-state index in [1.54, 1.807) is 12.0 Å². The van der Waals surface area contributed by atoms with Crippen LogP contribution in [-0.4, -0.2) is 75.4 Å². The summed E-state index contributed by atoms with van der Waals surface area (Å²) in [5.74, 6) is -0.0647. The van der Waals surface area contributed by atoms with Crippen molar-refractivity contribution in [1.82, 2.24) is 15.5 Å². The van der Waals surface area contributed by atoms with Crippen molar-refractivity contribution in [2.75, 3.05) is 46.5 Å². The van der Waals surface area contributed by atoms with E-state index in [9.17, 15) is 9.59 Å². The van der Waals surface area contributed by atoms with Gasteiger partial charge in [-0.15, -0.1) is 0 Å². The Morgan fingerprint density at radius 3 is 2.78 bits per heavy atom. The van der Waals surface area contributed by atoms with Crippen molar-refractivity contribution >= 4 is 11.8 Å². The van der Waals surface area contributed by atoms with E-state index < -0.39 is 0 Å². The third-order valence-electron chi connectivity index (χ3n) is 4.38. The normalized spacial score (nSPS) is 24.7. The van der Waals surface area contributed by atoms with Crippen molar-refractivity contribution in [2.24, 2.45) is 0 Å². The molecular weight excluding hydrogens is 298 g/mol. The highest BCUT2D eigenvalue weighted by Gasteiger charge is 2.36. The van der Waals surface area contributed by atoms with Crippen LogP contribution in [0.2, 0.25) is 0 Å². The number of nitrogens with one attached hydrogen (secondary N) is 2. The molecule has 0 aromatic heterocycles. The third-order valence-corrected chi connectivity index (χ3v) is 4.38. The van der Waals surface area contributed by atoms with Gasteiger partial charge in [0, 0.05) is 39.9 Å². The van der Waals surface area contributed by atoms with Crippen LogP contribution in [0.1, 0.15) is 32.1 Å². The van der Waals surface area contributed by atoms with Crippen LogP contribution in [0, 0.1) is 0 Å². The van der Waals surface area contributed by atoms with Crippen molar-refractivity contribution in [2.45, 2.75) is 44.2 Å². The zero-order chi connectivity index (χ0) is 16.5. The standard InChI is InChI=1S/C16H29N3O4/c1-22-12-9-17-7-8-18-15(20)13-5-2-3-10-19(13)16(21)14-6-4-11-23-14/h13-14,17H,2-12H2,1H3,(H,18,20). The minimum absolute atomic E-state index is 0.0134. The number of piperidine rings is 1. The van der Waals surface area contributed by atoms with Crippen LogP contribution >= 0.6 is 0 Å². The topological polar surface area (TPSA) is 79.9 Å². The van der Waals surface area contributed by atoms with E-state index >= 15 is 0 Å². The second kappa shape index (κ2) is 9.85. The molecule has 2 unspecified atom stereocenters. The Morgan fingerprint density at radius 1 is 1.17 bits per heavy atom. The van der Waals surface area contributed by atoms with E-state index in [-0.39, 0.29) is 24.0 Å². The maximum Gasteiger partial charge on any atom is 0.252 e. The second-order valence-electron chi connectivity index (χ2n) is 6.08. The maximum absolute atomic E-state index is 12.6. The highest BCUT2D eigenvalue weighted by Crippen LogP contribution is 2.22. The van der Waals surface area contributed by atoms with Gasteiger partial charge in [0.25, 0.3) is 5.91 Å². The number of ether oxygens (including phenoxy) is 2. The highest BCUT2D eigenvalue weighted by molar-refractivity contribution is 5.89. The molecule has 2 saturated heterocycles. The molecular formula is C16H29N3O4. The summed E-state index contributed by atoms with van der Waals surface area (Å²) in [5.41, 5.74) is 0. The van der Waals surface area contributed by atoms with Crippen LogP contribution in [0.15, 0.2) is 0 Å². The Balaban J connectivity index is 1.77.